The lowest BCUT2D eigenvalue weighted by Gasteiger charge is -2.33. The molecule has 1 aliphatic rings. The number of rotatable bonds is 5. The molecule has 0 saturated carbocycles. The van der Waals surface area contributed by atoms with Gasteiger partial charge in [0.1, 0.15) is 0 Å². The fraction of sp³-hybridized carbons (Fsp3) is 0.350. The second-order valence-corrected chi connectivity index (χ2v) is 9.82. The first-order chi connectivity index (χ1) is 13.3. The first-order valence-corrected chi connectivity index (χ1v) is 11.3. The van der Waals surface area contributed by atoms with Gasteiger partial charge < -0.3 is 5.32 Å². The summed E-state index contributed by atoms with van der Waals surface area (Å²) in [5.74, 6) is -0.112. The van der Waals surface area contributed by atoms with E-state index in [-0.39, 0.29) is 12.5 Å². The van der Waals surface area contributed by atoms with Crippen LogP contribution in [0.1, 0.15) is 11.1 Å². The molecule has 1 N–H and O–H groups in total. The van der Waals surface area contributed by atoms with Gasteiger partial charge in [0.25, 0.3) is 0 Å². The number of aryl methyl sites for hydroxylation is 2. The molecular formula is C20H24BrN3O3S. The number of carbonyl (C=O) groups is 1. The smallest absolute Gasteiger partial charge is 0.243 e. The Hall–Kier alpha value is -1.74. The number of anilines is 1. The van der Waals surface area contributed by atoms with Crippen molar-refractivity contribution in [2.45, 2.75) is 18.7 Å². The van der Waals surface area contributed by atoms with E-state index < -0.39 is 10.0 Å². The Balaban J connectivity index is 1.55. The Kier molecular flexibility index (Phi) is 6.54. The number of hydrogen-bond donors (Lipinski definition) is 1. The maximum Gasteiger partial charge on any atom is 0.243 e. The van der Waals surface area contributed by atoms with Crippen LogP contribution in [0.25, 0.3) is 0 Å². The van der Waals surface area contributed by atoms with Crippen molar-refractivity contribution in [3.63, 3.8) is 0 Å². The number of halogens is 1. The summed E-state index contributed by atoms with van der Waals surface area (Å²) >= 11 is 3.46. The van der Waals surface area contributed by atoms with Crippen LogP contribution in [0.5, 0.6) is 0 Å². The fourth-order valence-electron chi connectivity index (χ4n) is 3.10. The van der Waals surface area contributed by atoms with Crippen LogP contribution in [0, 0.1) is 13.8 Å². The van der Waals surface area contributed by atoms with Gasteiger partial charge in [-0.05, 0) is 59.6 Å². The van der Waals surface area contributed by atoms with Crippen LogP contribution in [0.3, 0.4) is 0 Å². The summed E-state index contributed by atoms with van der Waals surface area (Å²) < 4.78 is 27.8. The van der Waals surface area contributed by atoms with Gasteiger partial charge in [0, 0.05) is 30.7 Å². The molecular weight excluding hydrogens is 442 g/mol. The molecule has 1 saturated heterocycles. The molecule has 8 heteroatoms. The van der Waals surface area contributed by atoms with Crippen LogP contribution in [-0.4, -0.2) is 56.3 Å². The minimum atomic E-state index is -3.49. The lowest BCUT2D eigenvalue weighted by Crippen LogP contribution is -2.50. The van der Waals surface area contributed by atoms with Crippen LogP contribution in [-0.2, 0) is 14.8 Å². The van der Waals surface area contributed by atoms with Crippen LogP contribution in [0.15, 0.2) is 51.8 Å². The number of nitrogens with one attached hydrogen (secondary N) is 1. The molecule has 1 heterocycles. The highest BCUT2D eigenvalue weighted by Gasteiger charge is 2.29. The third-order valence-electron chi connectivity index (χ3n) is 4.76. The summed E-state index contributed by atoms with van der Waals surface area (Å²) in [6, 6.07) is 12.6. The standard InChI is InChI=1S/C20H24BrN3O3S/c1-15-3-6-17(7-4-15)28(26,27)24-11-9-23(10-12-24)14-20(25)22-19-8-5-16(2)13-18(19)21/h3-8,13H,9-12,14H2,1-2H3,(H,22,25). The van der Waals surface area contributed by atoms with Gasteiger partial charge in [-0.25, -0.2) is 8.42 Å². The quantitative estimate of drug-likeness (QED) is 0.736. The Morgan fingerprint density at radius 2 is 1.61 bits per heavy atom. The Labute approximate surface area is 174 Å². The van der Waals surface area contributed by atoms with Crippen molar-refractivity contribution in [1.29, 1.82) is 0 Å². The predicted octanol–water partition coefficient (Wildman–Crippen LogP) is 3.01. The zero-order valence-electron chi connectivity index (χ0n) is 16.0. The van der Waals surface area contributed by atoms with Crippen LogP contribution >= 0.6 is 15.9 Å². The molecule has 1 aliphatic heterocycles. The van der Waals surface area contributed by atoms with Crippen molar-refractivity contribution < 1.29 is 13.2 Å². The maximum absolute atomic E-state index is 12.8. The van der Waals surface area contributed by atoms with Gasteiger partial charge in [0.05, 0.1) is 17.1 Å². The van der Waals surface area contributed by atoms with Gasteiger partial charge in [-0.3, -0.25) is 9.69 Å². The molecule has 0 radical (unpaired) electrons. The average Bonchev–Trinajstić information content (AvgIpc) is 2.65. The van der Waals surface area contributed by atoms with Crippen LogP contribution in [0.4, 0.5) is 5.69 Å². The van der Waals surface area contributed by atoms with E-state index in [1.165, 1.54) is 4.31 Å². The normalized spacial score (nSPS) is 16.1. The van der Waals surface area contributed by atoms with E-state index >= 15 is 0 Å². The Morgan fingerprint density at radius 3 is 2.21 bits per heavy atom. The molecule has 1 amide bonds. The Morgan fingerprint density at radius 1 is 1.00 bits per heavy atom. The second-order valence-electron chi connectivity index (χ2n) is 7.02. The molecule has 1 fully saturated rings. The summed E-state index contributed by atoms with van der Waals surface area (Å²) in [5, 5.41) is 2.90. The maximum atomic E-state index is 12.8. The number of amides is 1. The number of benzene rings is 2. The van der Waals surface area contributed by atoms with E-state index in [0.29, 0.717) is 31.1 Å². The number of sulfonamides is 1. The van der Waals surface area contributed by atoms with Crippen molar-refractivity contribution >= 4 is 37.5 Å². The third kappa shape index (κ3) is 5.00. The molecule has 0 unspecified atom stereocenters. The molecule has 0 atom stereocenters. The van der Waals surface area contributed by atoms with Gasteiger partial charge in [-0.2, -0.15) is 4.31 Å². The van der Waals surface area contributed by atoms with E-state index in [2.05, 4.69) is 21.2 Å². The monoisotopic (exact) mass is 465 g/mol. The summed E-state index contributed by atoms with van der Waals surface area (Å²) in [4.78, 5) is 14.6. The van der Waals surface area contributed by atoms with Crippen molar-refractivity contribution in [2.75, 3.05) is 38.0 Å². The SMILES string of the molecule is Cc1ccc(S(=O)(=O)N2CCN(CC(=O)Nc3ccc(C)cc3Br)CC2)cc1. The van der Waals surface area contributed by atoms with E-state index in [4.69, 9.17) is 0 Å². The zero-order chi connectivity index (χ0) is 20.3. The summed E-state index contributed by atoms with van der Waals surface area (Å²) in [6.07, 6.45) is 0. The Bertz CT molecular complexity index is 953. The number of carbonyl (C=O) groups excluding carboxylic acids is 1. The molecule has 0 aromatic heterocycles. The van der Waals surface area contributed by atoms with Gasteiger partial charge >= 0.3 is 0 Å². The fourth-order valence-corrected chi connectivity index (χ4v) is 5.12. The molecule has 0 spiro atoms. The number of piperazine rings is 1. The average molecular weight is 466 g/mol. The van der Waals surface area contributed by atoms with Crippen LogP contribution < -0.4 is 5.32 Å². The van der Waals surface area contributed by atoms with Gasteiger partial charge in [0.2, 0.25) is 15.9 Å². The summed E-state index contributed by atoms with van der Waals surface area (Å²) in [6.45, 7) is 5.94. The summed E-state index contributed by atoms with van der Waals surface area (Å²) in [7, 11) is -3.49. The molecule has 150 valence electrons. The molecule has 2 aromatic rings. The highest BCUT2D eigenvalue weighted by atomic mass is 79.9. The van der Waals surface area contributed by atoms with Gasteiger partial charge in [-0.1, -0.05) is 23.8 Å². The highest BCUT2D eigenvalue weighted by molar-refractivity contribution is 9.10. The van der Waals surface area contributed by atoms with E-state index in [0.717, 1.165) is 21.3 Å². The van der Waals surface area contributed by atoms with Gasteiger partial charge in [0.15, 0.2) is 0 Å². The third-order valence-corrected chi connectivity index (χ3v) is 7.32. The first-order valence-electron chi connectivity index (χ1n) is 9.11. The summed E-state index contributed by atoms with van der Waals surface area (Å²) in [5.41, 5.74) is 2.86. The predicted molar refractivity (Wildman–Crippen MR) is 114 cm³/mol. The molecule has 6 nitrogen and oxygen atoms in total. The minimum Gasteiger partial charge on any atom is -0.324 e. The number of hydrogen-bond acceptors (Lipinski definition) is 4. The van der Waals surface area contributed by atoms with Crippen molar-refractivity contribution in [2.24, 2.45) is 0 Å². The van der Waals surface area contributed by atoms with Gasteiger partial charge in [-0.15, -0.1) is 0 Å². The van der Waals surface area contributed by atoms with E-state index in [9.17, 15) is 13.2 Å². The molecule has 2 aromatic carbocycles. The first kappa shape index (κ1) is 21.0. The largest absolute Gasteiger partial charge is 0.324 e. The lowest BCUT2D eigenvalue weighted by molar-refractivity contribution is -0.117. The second kappa shape index (κ2) is 8.73. The molecule has 3 rings (SSSR count). The minimum absolute atomic E-state index is 0.112. The lowest BCUT2D eigenvalue weighted by atomic mass is 10.2. The van der Waals surface area contributed by atoms with E-state index in [1.807, 2.05) is 36.9 Å². The molecule has 28 heavy (non-hydrogen) atoms. The van der Waals surface area contributed by atoms with E-state index in [1.54, 1.807) is 24.3 Å². The zero-order valence-corrected chi connectivity index (χ0v) is 18.4. The van der Waals surface area contributed by atoms with Crippen molar-refractivity contribution in [3.05, 3.63) is 58.1 Å². The molecule has 0 bridgehead atoms. The highest BCUT2D eigenvalue weighted by Crippen LogP contribution is 2.23. The van der Waals surface area contributed by atoms with Crippen LogP contribution in [0.2, 0.25) is 0 Å². The van der Waals surface area contributed by atoms with Crippen molar-refractivity contribution in [1.82, 2.24) is 9.21 Å². The van der Waals surface area contributed by atoms with Crippen molar-refractivity contribution in [3.8, 4) is 0 Å². The topological polar surface area (TPSA) is 69.7 Å². The number of nitrogens with zero attached hydrogens (tertiary/aromatic N) is 2. The molecule has 0 aliphatic carbocycles.